The number of fused-ring (bicyclic) bond motifs is 2. The summed E-state index contributed by atoms with van der Waals surface area (Å²) in [6.45, 7) is 5.89. The summed E-state index contributed by atoms with van der Waals surface area (Å²) in [5, 5.41) is 12.9. The third kappa shape index (κ3) is 9.96. The number of benzene rings is 5. The quantitative estimate of drug-likeness (QED) is 0.137. The molecule has 2 aliphatic rings. The molecule has 0 spiro atoms. The van der Waals surface area contributed by atoms with Gasteiger partial charge in [-0.2, -0.15) is 5.26 Å². The maximum atomic E-state index is 14.2. The Morgan fingerprint density at radius 2 is 1.53 bits per heavy atom. The van der Waals surface area contributed by atoms with Crippen molar-refractivity contribution >= 4 is 41.2 Å². The molecule has 0 fully saturated rings. The topological polar surface area (TPSA) is 136 Å². The Balaban J connectivity index is 1.05. The van der Waals surface area contributed by atoms with Crippen molar-refractivity contribution < 1.29 is 38.1 Å². The molecule has 3 atom stereocenters. The minimum Gasteiger partial charge on any atom is -0.489 e. The lowest BCUT2D eigenvalue weighted by molar-refractivity contribution is -0.145. The average molecular weight is 849 g/mol. The fraction of sp³-hybridized carbons (Fsp3) is 0.277. The molecule has 60 heavy (non-hydrogen) atoms. The first-order valence-electron chi connectivity index (χ1n) is 19.4. The lowest BCUT2D eigenvalue weighted by Crippen LogP contribution is -2.56. The van der Waals surface area contributed by atoms with Crippen molar-refractivity contribution in [3.8, 4) is 34.4 Å². The number of nitrogens with one attached hydrogen (secondary N) is 1. The number of carbonyl (C=O) groups excluding carboxylic acids is 3. The highest BCUT2D eigenvalue weighted by Gasteiger charge is 2.40. The Morgan fingerprint density at radius 3 is 2.18 bits per heavy atom. The molecule has 308 valence electrons. The third-order valence-corrected chi connectivity index (χ3v) is 10.9. The zero-order valence-corrected chi connectivity index (χ0v) is 35.0. The van der Waals surface area contributed by atoms with Gasteiger partial charge in [0, 0.05) is 12.8 Å². The van der Waals surface area contributed by atoms with Crippen LogP contribution < -0.4 is 19.5 Å². The van der Waals surface area contributed by atoms with Gasteiger partial charge in [-0.3, -0.25) is 9.69 Å². The number of rotatable bonds is 10. The second-order valence-electron chi connectivity index (χ2n) is 15.6. The summed E-state index contributed by atoms with van der Waals surface area (Å²) in [4.78, 5) is 42.4. The van der Waals surface area contributed by atoms with Gasteiger partial charge < -0.3 is 29.0 Å². The van der Waals surface area contributed by atoms with Crippen LogP contribution in [0.5, 0.6) is 17.2 Å². The van der Waals surface area contributed by atoms with Gasteiger partial charge in [-0.05, 0) is 108 Å². The molecule has 0 saturated carbocycles. The highest BCUT2D eigenvalue weighted by atomic mass is 35.5. The lowest BCUT2D eigenvalue weighted by Gasteiger charge is -2.38. The van der Waals surface area contributed by atoms with Crippen LogP contribution in [-0.2, 0) is 45.1 Å². The van der Waals surface area contributed by atoms with Crippen LogP contribution in [0, 0.1) is 11.3 Å². The fourth-order valence-electron chi connectivity index (χ4n) is 7.05. The maximum absolute atomic E-state index is 14.2. The van der Waals surface area contributed by atoms with Gasteiger partial charge in [0.05, 0.1) is 35.3 Å². The molecule has 0 bridgehead atoms. The average Bonchev–Trinajstić information content (AvgIpc) is 3.24. The first-order chi connectivity index (χ1) is 28.8. The number of hydrogen-bond donors (Lipinski definition) is 1. The number of halogens is 2. The molecule has 0 aromatic heterocycles. The minimum absolute atomic E-state index is 0.0498. The zero-order valence-electron chi connectivity index (χ0n) is 33.5. The summed E-state index contributed by atoms with van der Waals surface area (Å²) in [5.41, 5.74) is 5.73. The number of methoxy groups -OCH3 is 1. The number of carbonyl (C=O) groups is 3. The molecule has 0 saturated heterocycles. The number of nitriles is 1. The Morgan fingerprint density at radius 1 is 0.867 bits per heavy atom. The molecule has 2 heterocycles. The zero-order chi connectivity index (χ0) is 42.6. The number of hydrogen-bond acceptors (Lipinski definition) is 9. The summed E-state index contributed by atoms with van der Waals surface area (Å²) in [7, 11) is 1.26. The summed E-state index contributed by atoms with van der Waals surface area (Å²) >= 11 is 12.2. The third-order valence-electron chi connectivity index (χ3n) is 10.2. The van der Waals surface area contributed by atoms with Crippen molar-refractivity contribution in [1.29, 1.82) is 5.26 Å². The van der Waals surface area contributed by atoms with Crippen molar-refractivity contribution in [2.24, 2.45) is 0 Å². The first-order valence-corrected chi connectivity index (χ1v) is 20.1. The van der Waals surface area contributed by atoms with Gasteiger partial charge in [-0.25, -0.2) is 9.59 Å². The van der Waals surface area contributed by atoms with Crippen molar-refractivity contribution in [1.82, 2.24) is 10.2 Å². The van der Waals surface area contributed by atoms with E-state index in [-0.39, 0.29) is 26.0 Å². The van der Waals surface area contributed by atoms with Crippen molar-refractivity contribution in [3.63, 3.8) is 0 Å². The first kappa shape index (κ1) is 41.9. The van der Waals surface area contributed by atoms with Crippen LogP contribution in [0.2, 0.25) is 10.0 Å². The number of nitrogens with zero attached hydrogens (tertiary/aromatic N) is 2. The number of ether oxygens (including phenoxy) is 5. The van der Waals surface area contributed by atoms with Crippen LogP contribution in [0.1, 0.15) is 60.3 Å². The van der Waals surface area contributed by atoms with Crippen LogP contribution in [0.3, 0.4) is 0 Å². The number of esters is 1. The van der Waals surface area contributed by atoms with E-state index < -0.39 is 41.8 Å². The van der Waals surface area contributed by atoms with E-state index in [2.05, 4.69) is 11.4 Å². The summed E-state index contributed by atoms with van der Waals surface area (Å²) in [6.07, 6.45) is -0.797. The van der Waals surface area contributed by atoms with E-state index in [4.69, 9.17) is 52.1 Å². The van der Waals surface area contributed by atoms with Gasteiger partial charge in [0.2, 0.25) is 5.91 Å². The van der Waals surface area contributed by atoms with E-state index in [9.17, 15) is 14.4 Å². The molecule has 5 aromatic rings. The van der Waals surface area contributed by atoms with Crippen LogP contribution in [0.15, 0.2) is 103 Å². The largest absolute Gasteiger partial charge is 0.489 e. The van der Waals surface area contributed by atoms with Gasteiger partial charge in [-0.15, -0.1) is 0 Å². The highest BCUT2D eigenvalue weighted by Crippen LogP contribution is 2.41. The SMILES string of the molecule is COC(=O)C(Cc1ccc(-c2ccc(C#N)cc2)cc1)NC(=O)C1Cc2cc3c(cc2CN1C(=O)OC(C)(C)C)OC(c1ccc(OCc2ccc(Cl)c(Cl)c2)cc1)CO3. The summed E-state index contributed by atoms with van der Waals surface area (Å²) in [6, 6.07) is 31.5. The predicted molar refractivity (Wildman–Crippen MR) is 226 cm³/mol. The van der Waals surface area contributed by atoms with Crippen molar-refractivity contribution in [3.05, 3.63) is 147 Å². The summed E-state index contributed by atoms with van der Waals surface area (Å²) < 4.78 is 29.5. The minimum atomic E-state index is -1.04. The van der Waals surface area contributed by atoms with E-state index in [0.29, 0.717) is 39.5 Å². The van der Waals surface area contributed by atoms with E-state index in [1.165, 1.54) is 12.0 Å². The predicted octanol–water partition coefficient (Wildman–Crippen LogP) is 9.19. The van der Waals surface area contributed by atoms with Crippen LogP contribution in [0.4, 0.5) is 4.79 Å². The fourth-order valence-corrected chi connectivity index (χ4v) is 7.37. The standard InChI is InChI=1S/C47H43Cl2N3O8/c1-47(2,3)60-46(55)52-25-35-23-42-41(58-27-43(59-42)33-14-16-36(17-15-33)57-26-30-9-18-37(48)38(49)19-30)22-34(35)21-40(52)44(53)51-39(45(54)56-4)20-28-5-10-31(11-6-28)32-12-7-29(24-50)8-13-32/h5-19,22-23,39-40,43H,20-21,25-27H2,1-4H3,(H,51,53). The Bertz CT molecular complexity index is 2430. The molecule has 2 amide bonds. The van der Waals surface area contributed by atoms with Gasteiger partial charge in [0.1, 0.15) is 36.6 Å². The molecule has 0 radical (unpaired) electrons. The molecule has 0 aliphatic carbocycles. The molecule has 1 N–H and O–H groups in total. The van der Waals surface area contributed by atoms with E-state index in [0.717, 1.165) is 38.9 Å². The van der Waals surface area contributed by atoms with Crippen molar-refractivity contribution in [2.75, 3.05) is 13.7 Å². The maximum Gasteiger partial charge on any atom is 0.411 e. The Hall–Kier alpha value is -6.22. The van der Waals surface area contributed by atoms with Gasteiger partial charge in [0.25, 0.3) is 0 Å². The molecule has 13 heteroatoms. The molecule has 7 rings (SSSR count). The number of amides is 2. The van der Waals surface area contributed by atoms with Crippen molar-refractivity contribution in [2.45, 2.75) is 70.6 Å². The molecule has 3 unspecified atom stereocenters. The molecular formula is C47H43Cl2N3O8. The van der Waals surface area contributed by atoms with E-state index >= 15 is 0 Å². The monoisotopic (exact) mass is 847 g/mol. The second kappa shape index (κ2) is 18.0. The normalized spacial score (nSPS) is 16.1. The summed E-state index contributed by atoms with van der Waals surface area (Å²) in [5.74, 6) is 0.542. The molecule has 11 nitrogen and oxygen atoms in total. The lowest BCUT2D eigenvalue weighted by atomic mass is 9.92. The van der Waals surface area contributed by atoms with Crippen LogP contribution >= 0.6 is 23.2 Å². The Kier molecular flexibility index (Phi) is 12.5. The van der Waals surface area contributed by atoms with Crippen LogP contribution in [-0.4, -0.2) is 54.3 Å². The van der Waals surface area contributed by atoms with Gasteiger partial charge in [-0.1, -0.05) is 77.8 Å². The van der Waals surface area contributed by atoms with Gasteiger partial charge in [0.15, 0.2) is 17.6 Å². The Labute approximate surface area is 358 Å². The molecule has 2 aliphatic heterocycles. The van der Waals surface area contributed by atoms with Gasteiger partial charge >= 0.3 is 12.1 Å². The molecular weight excluding hydrogens is 805 g/mol. The van der Waals surface area contributed by atoms with E-state index in [1.807, 2.05) is 78.9 Å². The van der Waals surface area contributed by atoms with Crippen LogP contribution in [0.25, 0.3) is 11.1 Å². The smallest absolute Gasteiger partial charge is 0.411 e. The molecule has 5 aromatic carbocycles. The highest BCUT2D eigenvalue weighted by molar-refractivity contribution is 6.42. The van der Waals surface area contributed by atoms with E-state index in [1.54, 1.807) is 45.0 Å². The second-order valence-corrected chi connectivity index (χ2v) is 16.4.